The van der Waals surface area contributed by atoms with Gasteiger partial charge in [0.2, 0.25) is 0 Å². The molecule has 0 amide bonds. The fourth-order valence-corrected chi connectivity index (χ4v) is 2.37. The van der Waals surface area contributed by atoms with Gasteiger partial charge in [-0.3, -0.25) is 4.90 Å². The van der Waals surface area contributed by atoms with Gasteiger partial charge in [-0.25, -0.2) is 0 Å². The van der Waals surface area contributed by atoms with E-state index in [1.807, 2.05) is 0 Å². The van der Waals surface area contributed by atoms with Crippen molar-refractivity contribution in [2.75, 3.05) is 53.9 Å². The quantitative estimate of drug-likeness (QED) is 0.633. The van der Waals surface area contributed by atoms with Gasteiger partial charge in [-0.05, 0) is 54.0 Å². The predicted octanol–water partition coefficient (Wildman–Crippen LogP) is 0.637. The molecular formula is C13H29N3O. The van der Waals surface area contributed by atoms with Crippen LogP contribution in [0.15, 0.2) is 0 Å². The van der Waals surface area contributed by atoms with Gasteiger partial charge in [-0.1, -0.05) is 0 Å². The first-order valence-corrected chi connectivity index (χ1v) is 6.78. The van der Waals surface area contributed by atoms with E-state index in [-0.39, 0.29) is 0 Å². The Morgan fingerprint density at radius 3 is 2.53 bits per heavy atom. The minimum Gasteiger partial charge on any atom is -0.377 e. The van der Waals surface area contributed by atoms with Crippen LogP contribution in [-0.4, -0.2) is 75.9 Å². The number of likely N-dealkylation sites (N-methyl/N-ethyl adjacent to an activating group) is 1. The summed E-state index contributed by atoms with van der Waals surface area (Å²) in [6.07, 6.45) is 2.80. The largest absolute Gasteiger partial charge is 0.377 e. The molecule has 0 bridgehead atoms. The Bertz CT molecular complexity index is 199. The zero-order valence-corrected chi connectivity index (χ0v) is 11.9. The second kappa shape index (κ2) is 8.03. The number of nitrogens with one attached hydrogen (secondary N) is 1. The molecule has 0 aromatic rings. The molecule has 4 nitrogen and oxygen atoms in total. The number of nitrogens with zero attached hydrogens (tertiary/aromatic N) is 2. The highest BCUT2D eigenvalue weighted by atomic mass is 16.5. The Labute approximate surface area is 106 Å². The first-order valence-electron chi connectivity index (χ1n) is 6.78. The minimum absolute atomic E-state index is 0.397. The summed E-state index contributed by atoms with van der Waals surface area (Å²) < 4.78 is 5.59. The third-order valence-corrected chi connectivity index (χ3v) is 3.50. The van der Waals surface area contributed by atoms with Crippen molar-refractivity contribution < 1.29 is 4.74 Å². The predicted molar refractivity (Wildman–Crippen MR) is 72.5 cm³/mol. The van der Waals surface area contributed by atoms with Gasteiger partial charge >= 0.3 is 0 Å². The van der Waals surface area contributed by atoms with Crippen molar-refractivity contribution in [3.05, 3.63) is 0 Å². The van der Waals surface area contributed by atoms with E-state index in [0.717, 1.165) is 32.8 Å². The SMILES string of the molecule is CC1OCCC1N(C)CCNCCCN(C)C. The lowest BCUT2D eigenvalue weighted by atomic mass is 10.1. The molecule has 0 aromatic heterocycles. The first-order chi connectivity index (χ1) is 8.11. The smallest absolute Gasteiger partial charge is 0.0702 e. The fourth-order valence-electron chi connectivity index (χ4n) is 2.37. The summed E-state index contributed by atoms with van der Waals surface area (Å²) in [5.74, 6) is 0. The maximum absolute atomic E-state index is 5.59. The molecule has 0 spiro atoms. The lowest BCUT2D eigenvalue weighted by Crippen LogP contribution is -2.40. The Kier molecular flexibility index (Phi) is 7.04. The van der Waals surface area contributed by atoms with Crippen molar-refractivity contribution in [2.45, 2.75) is 31.9 Å². The van der Waals surface area contributed by atoms with Crippen LogP contribution in [0.4, 0.5) is 0 Å². The Morgan fingerprint density at radius 2 is 1.94 bits per heavy atom. The first kappa shape index (κ1) is 14.9. The van der Waals surface area contributed by atoms with Crippen molar-refractivity contribution in [3.8, 4) is 0 Å². The molecule has 0 aromatic carbocycles. The van der Waals surface area contributed by atoms with E-state index in [2.05, 4.69) is 43.2 Å². The summed E-state index contributed by atoms with van der Waals surface area (Å²) in [6, 6.07) is 0.610. The number of ether oxygens (including phenoxy) is 1. The third kappa shape index (κ3) is 5.82. The minimum atomic E-state index is 0.397. The summed E-state index contributed by atoms with van der Waals surface area (Å²) in [5, 5.41) is 3.50. The van der Waals surface area contributed by atoms with Crippen LogP contribution >= 0.6 is 0 Å². The van der Waals surface area contributed by atoms with Crippen LogP contribution in [0.25, 0.3) is 0 Å². The molecule has 1 rings (SSSR count). The van der Waals surface area contributed by atoms with E-state index < -0.39 is 0 Å². The van der Waals surface area contributed by atoms with E-state index in [0.29, 0.717) is 12.1 Å². The van der Waals surface area contributed by atoms with E-state index in [9.17, 15) is 0 Å². The maximum Gasteiger partial charge on any atom is 0.0702 e. The molecule has 1 saturated heterocycles. The molecule has 17 heavy (non-hydrogen) atoms. The lowest BCUT2D eigenvalue weighted by Gasteiger charge is -2.26. The van der Waals surface area contributed by atoms with E-state index in [1.54, 1.807) is 0 Å². The van der Waals surface area contributed by atoms with Gasteiger partial charge in [0.05, 0.1) is 6.10 Å². The summed E-state index contributed by atoms with van der Waals surface area (Å²) in [7, 11) is 6.45. The monoisotopic (exact) mass is 243 g/mol. The average Bonchev–Trinajstić information content (AvgIpc) is 2.69. The van der Waals surface area contributed by atoms with Gasteiger partial charge < -0.3 is 15.0 Å². The second-order valence-corrected chi connectivity index (χ2v) is 5.32. The van der Waals surface area contributed by atoms with Crippen molar-refractivity contribution in [3.63, 3.8) is 0 Å². The third-order valence-electron chi connectivity index (χ3n) is 3.50. The molecule has 1 heterocycles. The molecule has 102 valence electrons. The topological polar surface area (TPSA) is 27.7 Å². The van der Waals surface area contributed by atoms with Crippen LogP contribution in [-0.2, 0) is 4.74 Å². The van der Waals surface area contributed by atoms with Crippen LogP contribution < -0.4 is 5.32 Å². The van der Waals surface area contributed by atoms with Crippen LogP contribution in [0.5, 0.6) is 0 Å². The van der Waals surface area contributed by atoms with Crippen LogP contribution in [0.2, 0.25) is 0 Å². The normalized spacial score (nSPS) is 25.1. The van der Waals surface area contributed by atoms with E-state index in [1.165, 1.54) is 12.8 Å². The standard InChI is InChI=1S/C13H29N3O/c1-12-13(6-11-17-12)16(4)10-8-14-7-5-9-15(2)3/h12-14H,5-11H2,1-4H3. The number of hydrogen-bond acceptors (Lipinski definition) is 4. The zero-order chi connectivity index (χ0) is 12.7. The second-order valence-electron chi connectivity index (χ2n) is 5.32. The average molecular weight is 243 g/mol. The van der Waals surface area contributed by atoms with E-state index >= 15 is 0 Å². The molecule has 2 unspecified atom stereocenters. The molecule has 0 saturated carbocycles. The molecule has 1 aliphatic heterocycles. The van der Waals surface area contributed by atoms with Crippen LogP contribution in [0, 0.1) is 0 Å². The summed E-state index contributed by atoms with van der Waals surface area (Å²) in [5.41, 5.74) is 0. The van der Waals surface area contributed by atoms with Crippen LogP contribution in [0.3, 0.4) is 0 Å². The molecule has 1 aliphatic rings. The lowest BCUT2D eigenvalue weighted by molar-refractivity contribution is 0.0840. The molecule has 4 heteroatoms. The van der Waals surface area contributed by atoms with Crippen molar-refractivity contribution >= 4 is 0 Å². The molecule has 1 fully saturated rings. The van der Waals surface area contributed by atoms with Crippen molar-refractivity contribution in [1.29, 1.82) is 0 Å². The summed E-state index contributed by atoms with van der Waals surface area (Å²) in [6.45, 7) is 7.57. The molecule has 2 atom stereocenters. The Hall–Kier alpha value is -0.160. The Balaban J connectivity index is 1.98. The maximum atomic E-state index is 5.59. The molecule has 1 N–H and O–H groups in total. The van der Waals surface area contributed by atoms with E-state index in [4.69, 9.17) is 4.74 Å². The fraction of sp³-hybridized carbons (Fsp3) is 1.00. The molecular weight excluding hydrogens is 214 g/mol. The molecule has 0 aliphatic carbocycles. The van der Waals surface area contributed by atoms with Gasteiger partial charge in [-0.2, -0.15) is 0 Å². The highest BCUT2D eigenvalue weighted by molar-refractivity contribution is 4.80. The Morgan fingerprint density at radius 1 is 1.18 bits per heavy atom. The number of rotatable bonds is 8. The van der Waals surface area contributed by atoms with Gasteiger partial charge in [0.25, 0.3) is 0 Å². The van der Waals surface area contributed by atoms with Gasteiger partial charge in [-0.15, -0.1) is 0 Å². The highest BCUT2D eigenvalue weighted by Crippen LogP contribution is 2.17. The summed E-state index contributed by atoms with van der Waals surface area (Å²) >= 11 is 0. The van der Waals surface area contributed by atoms with Crippen molar-refractivity contribution in [1.82, 2.24) is 15.1 Å². The summed E-state index contributed by atoms with van der Waals surface area (Å²) in [4.78, 5) is 4.65. The zero-order valence-electron chi connectivity index (χ0n) is 11.9. The van der Waals surface area contributed by atoms with Crippen LogP contribution in [0.1, 0.15) is 19.8 Å². The molecule has 0 radical (unpaired) electrons. The number of hydrogen-bond donors (Lipinski definition) is 1. The van der Waals surface area contributed by atoms with Crippen molar-refractivity contribution in [2.24, 2.45) is 0 Å². The highest BCUT2D eigenvalue weighted by Gasteiger charge is 2.27. The van der Waals surface area contributed by atoms with Gasteiger partial charge in [0.15, 0.2) is 0 Å². The van der Waals surface area contributed by atoms with Gasteiger partial charge in [0, 0.05) is 25.7 Å². The van der Waals surface area contributed by atoms with Gasteiger partial charge in [0.1, 0.15) is 0 Å².